The van der Waals surface area contributed by atoms with Crippen LogP contribution in [-0.2, 0) is 13.5 Å². The highest BCUT2D eigenvalue weighted by atomic mass is 32.1. The van der Waals surface area contributed by atoms with Gasteiger partial charge in [-0.1, -0.05) is 12.1 Å². The molecule has 0 atom stereocenters. The second kappa shape index (κ2) is 8.25. The van der Waals surface area contributed by atoms with Gasteiger partial charge in [0.1, 0.15) is 5.69 Å². The molecule has 0 saturated heterocycles. The molecule has 6 rings (SSSR count). The quantitative estimate of drug-likeness (QED) is 0.379. The highest BCUT2D eigenvalue weighted by Crippen LogP contribution is 2.35. The van der Waals surface area contributed by atoms with Gasteiger partial charge < -0.3 is 15.6 Å². The van der Waals surface area contributed by atoms with Crippen LogP contribution in [0, 0.1) is 0 Å². The molecule has 8 heteroatoms. The summed E-state index contributed by atoms with van der Waals surface area (Å²) in [5.41, 5.74) is 15.1. The van der Waals surface area contributed by atoms with Crippen molar-refractivity contribution in [3.8, 4) is 22.6 Å². The molecule has 0 aliphatic heterocycles. The third kappa shape index (κ3) is 3.72. The van der Waals surface area contributed by atoms with E-state index in [2.05, 4.69) is 62.7 Å². The van der Waals surface area contributed by atoms with Gasteiger partial charge in [-0.25, -0.2) is 4.98 Å². The molecule has 35 heavy (non-hydrogen) atoms. The third-order valence-electron chi connectivity index (χ3n) is 6.31. The van der Waals surface area contributed by atoms with Crippen LogP contribution in [0.2, 0.25) is 0 Å². The number of H-pyrrole nitrogens is 1. The summed E-state index contributed by atoms with van der Waals surface area (Å²) < 4.78 is 1.90. The van der Waals surface area contributed by atoms with E-state index in [1.54, 1.807) is 11.3 Å². The number of rotatable bonds is 4. The van der Waals surface area contributed by atoms with Crippen molar-refractivity contribution < 1.29 is 0 Å². The van der Waals surface area contributed by atoms with E-state index >= 15 is 0 Å². The first-order valence-corrected chi connectivity index (χ1v) is 12.3. The van der Waals surface area contributed by atoms with Gasteiger partial charge in [-0.3, -0.25) is 9.67 Å². The fourth-order valence-corrected chi connectivity index (χ4v) is 5.24. The number of hydrogen-bond acceptors (Lipinski definition) is 6. The Balaban J connectivity index is 1.49. The molecule has 1 aliphatic carbocycles. The van der Waals surface area contributed by atoms with Crippen LogP contribution in [0.5, 0.6) is 0 Å². The van der Waals surface area contributed by atoms with Gasteiger partial charge in [-0.15, -0.1) is 11.3 Å². The van der Waals surface area contributed by atoms with Gasteiger partial charge >= 0.3 is 0 Å². The number of nitrogens with one attached hydrogen (secondary N) is 1. The molecule has 1 aliphatic rings. The van der Waals surface area contributed by atoms with Crippen LogP contribution in [0.25, 0.3) is 39.1 Å². The summed E-state index contributed by atoms with van der Waals surface area (Å²) in [6.07, 6.45) is 8.42. The van der Waals surface area contributed by atoms with Crippen LogP contribution < -0.4 is 10.6 Å². The predicted molar refractivity (Wildman–Crippen MR) is 143 cm³/mol. The van der Waals surface area contributed by atoms with Gasteiger partial charge in [0, 0.05) is 66.6 Å². The van der Waals surface area contributed by atoms with Crippen LogP contribution in [-0.4, -0.2) is 38.8 Å². The molecule has 0 spiro atoms. The van der Waals surface area contributed by atoms with E-state index < -0.39 is 0 Å². The molecule has 0 amide bonds. The molecular weight excluding hydrogens is 454 g/mol. The van der Waals surface area contributed by atoms with Gasteiger partial charge in [0.2, 0.25) is 0 Å². The zero-order valence-corrected chi connectivity index (χ0v) is 20.6. The Bertz CT molecular complexity index is 1620. The molecule has 3 N–H and O–H groups in total. The van der Waals surface area contributed by atoms with E-state index in [0.717, 1.165) is 66.8 Å². The van der Waals surface area contributed by atoms with Crippen molar-refractivity contribution >= 4 is 33.5 Å². The zero-order chi connectivity index (χ0) is 24.1. The lowest BCUT2D eigenvalue weighted by atomic mass is 10.0. The molecule has 0 radical (unpaired) electrons. The standard InChI is InChI=1S/C27H25N7S/c1-33(2)19-11-17(14-29-15-19)16-6-9-23-21(12-16)26(32-34(23)3)27-30-22-13-18(28)7-8-20(25(22)31-27)24-5-4-10-35-24/h4-12,14-15H,13,28H2,1-3H3,(H,30,31). The minimum absolute atomic E-state index is 0.618. The lowest BCUT2D eigenvalue weighted by Gasteiger charge is -2.13. The maximum Gasteiger partial charge on any atom is 0.159 e. The number of hydrogen-bond donors (Lipinski definition) is 2. The first-order valence-electron chi connectivity index (χ1n) is 11.4. The number of pyridine rings is 1. The number of imidazole rings is 1. The van der Waals surface area contributed by atoms with Crippen molar-refractivity contribution in [1.29, 1.82) is 0 Å². The van der Waals surface area contributed by atoms with Gasteiger partial charge in [0.05, 0.1) is 23.1 Å². The minimum Gasteiger partial charge on any atom is -0.402 e. The summed E-state index contributed by atoms with van der Waals surface area (Å²) in [4.78, 5) is 16.2. The second-order valence-electron chi connectivity index (χ2n) is 8.92. The summed E-state index contributed by atoms with van der Waals surface area (Å²) in [7, 11) is 6.00. The number of allylic oxidation sites excluding steroid dienone is 3. The maximum atomic E-state index is 6.27. The van der Waals surface area contributed by atoms with Crippen LogP contribution in [0.3, 0.4) is 0 Å². The Kier molecular flexibility index (Phi) is 5.04. The number of benzene rings is 1. The topological polar surface area (TPSA) is 88.7 Å². The first kappa shape index (κ1) is 21.4. The fourth-order valence-electron chi connectivity index (χ4n) is 4.49. The van der Waals surface area contributed by atoms with E-state index in [9.17, 15) is 0 Å². The summed E-state index contributed by atoms with van der Waals surface area (Å²) in [6, 6.07) is 12.7. The molecule has 5 aromatic rings. The van der Waals surface area contributed by atoms with Gasteiger partial charge in [0.25, 0.3) is 0 Å². The largest absolute Gasteiger partial charge is 0.402 e. The zero-order valence-electron chi connectivity index (χ0n) is 19.8. The van der Waals surface area contributed by atoms with Gasteiger partial charge in [0.15, 0.2) is 5.82 Å². The molecule has 0 saturated carbocycles. The second-order valence-corrected chi connectivity index (χ2v) is 9.87. The summed E-state index contributed by atoms with van der Waals surface area (Å²) in [5, 5.41) is 7.97. The minimum atomic E-state index is 0.618. The van der Waals surface area contributed by atoms with Crippen LogP contribution >= 0.6 is 11.3 Å². The number of fused-ring (bicyclic) bond motifs is 2. The van der Waals surface area contributed by atoms with Crippen LogP contribution in [0.15, 0.2) is 72.0 Å². The molecule has 174 valence electrons. The normalized spacial score (nSPS) is 13.3. The van der Waals surface area contributed by atoms with Crippen LogP contribution in [0.4, 0.5) is 5.69 Å². The average molecular weight is 480 g/mol. The summed E-state index contributed by atoms with van der Waals surface area (Å²) >= 11 is 1.70. The van der Waals surface area contributed by atoms with Crippen molar-refractivity contribution in [2.45, 2.75) is 6.42 Å². The van der Waals surface area contributed by atoms with E-state index in [4.69, 9.17) is 15.8 Å². The molecule has 1 aromatic carbocycles. The van der Waals surface area contributed by atoms with E-state index in [-0.39, 0.29) is 0 Å². The lowest BCUT2D eigenvalue weighted by molar-refractivity contribution is 0.798. The van der Waals surface area contributed by atoms with Crippen LogP contribution in [0.1, 0.15) is 16.3 Å². The Labute approximate surface area is 207 Å². The fraction of sp³-hybridized carbons (Fsp3) is 0.148. The summed E-state index contributed by atoms with van der Waals surface area (Å²) in [5.74, 6) is 0.745. The SMILES string of the molecule is CN(C)c1cncc(-c2ccc3c(c2)c(-c2nc4c([nH]2)CC(N)=CC=C4c2cccs2)nn3C)c1. The number of aromatic nitrogens is 5. The molecule has 0 bridgehead atoms. The number of aryl methyl sites for hydroxylation is 1. The Morgan fingerprint density at radius 1 is 1.06 bits per heavy atom. The molecule has 4 heterocycles. The van der Waals surface area contributed by atoms with E-state index in [0.29, 0.717) is 6.42 Å². The molecule has 4 aromatic heterocycles. The monoisotopic (exact) mass is 479 g/mol. The Hall–Kier alpha value is -4.17. The smallest absolute Gasteiger partial charge is 0.159 e. The molecule has 0 unspecified atom stereocenters. The lowest BCUT2D eigenvalue weighted by Crippen LogP contribution is -2.08. The Morgan fingerprint density at radius 2 is 1.94 bits per heavy atom. The van der Waals surface area contributed by atoms with Gasteiger partial charge in [-0.05, 0) is 47.4 Å². The third-order valence-corrected chi connectivity index (χ3v) is 7.22. The number of aromatic amines is 1. The van der Waals surface area contributed by atoms with Crippen molar-refractivity contribution in [3.63, 3.8) is 0 Å². The Morgan fingerprint density at radius 3 is 2.74 bits per heavy atom. The highest BCUT2D eigenvalue weighted by molar-refractivity contribution is 7.11. The van der Waals surface area contributed by atoms with Crippen molar-refractivity contribution in [3.05, 3.63) is 88.3 Å². The highest BCUT2D eigenvalue weighted by Gasteiger charge is 2.22. The van der Waals surface area contributed by atoms with Crippen molar-refractivity contribution in [2.75, 3.05) is 19.0 Å². The number of nitrogens with zero attached hydrogens (tertiary/aromatic N) is 5. The average Bonchev–Trinajstić information content (AvgIpc) is 3.58. The number of anilines is 1. The van der Waals surface area contributed by atoms with E-state index in [1.807, 2.05) is 44.3 Å². The van der Waals surface area contributed by atoms with Crippen molar-refractivity contribution in [1.82, 2.24) is 24.7 Å². The molecule has 0 fully saturated rings. The van der Waals surface area contributed by atoms with E-state index in [1.165, 1.54) is 0 Å². The summed E-state index contributed by atoms with van der Waals surface area (Å²) in [6.45, 7) is 0. The first-order chi connectivity index (χ1) is 17.0. The predicted octanol–water partition coefficient (Wildman–Crippen LogP) is 4.98. The molecular formula is C27H25N7S. The number of thiophene rings is 1. The van der Waals surface area contributed by atoms with Gasteiger partial charge in [-0.2, -0.15) is 5.10 Å². The van der Waals surface area contributed by atoms with Crippen molar-refractivity contribution in [2.24, 2.45) is 12.8 Å². The molecule has 7 nitrogen and oxygen atoms in total. The maximum absolute atomic E-state index is 6.27. The number of nitrogens with two attached hydrogens (primary N) is 1.